The summed E-state index contributed by atoms with van der Waals surface area (Å²) >= 11 is 1.52. The summed E-state index contributed by atoms with van der Waals surface area (Å²) in [5.41, 5.74) is 1.53. The summed E-state index contributed by atoms with van der Waals surface area (Å²) in [6.07, 6.45) is 1.53. The van der Waals surface area contributed by atoms with E-state index in [0.717, 1.165) is 10.5 Å². The van der Waals surface area contributed by atoms with Gasteiger partial charge in [0.15, 0.2) is 0 Å². The van der Waals surface area contributed by atoms with Crippen molar-refractivity contribution in [2.75, 3.05) is 26.5 Å². The van der Waals surface area contributed by atoms with Gasteiger partial charge in [0.05, 0.1) is 7.11 Å². The van der Waals surface area contributed by atoms with Crippen LogP contribution >= 0.6 is 11.8 Å². The van der Waals surface area contributed by atoms with E-state index in [4.69, 9.17) is 14.2 Å². The second-order valence-corrected chi connectivity index (χ2v) is 8.24. The second-order valence-electron chi connectivity index (χ2n) is 7.11. The maximum Gasteiger partial charge on any atom is 0.414 e. The van der Waals surface area contributed by atoms with Crippen molar-refractivity contribution in [2.45, 2.75) is 0 Å². The van der Waals surface area contributed by atoms with Gasteiger partial charge in [-0.05, 0) is 48.5 Å². The van der Waals surface area contributed by atoms with Gasteiger partial charge in [0, 0.05) is 41.4 Å². The fourth-order valence-corrected chi connectivity index (χ4v) is 4.25. The zero-order valence-electron chi connectivity index (χ0n) is 17.7. The SMILES string of the molecule is COc1ccc2c(c1)Oc1ccc(F)cc1C(SCCN(C)C(=O)Oc1ccccc1)=C2. The Bertz CT molecular complexity index is 1150. The van der Waals surface area contributed by atoms with Gasteiger partial charge in [-0.25, -0.2) is 9.18 Å². The summed E-state index contributed by atoms with van der Waals surface area (Å²) in [4.78, 5) is 14.7. The number of hydrogen-bond acceptors (Lipinski definition) is 5. The first-order valence-corrected chi connectivity index (χ1v) is 11.0. The van der Waals surface area contributed by atoms with Gasteiger partial charge in [0.1, 0.15) is 28.8 Å². The van der Waals surface area contributed by atoms with E-state index in [-0.39, 0.29) is 5.82 Å². The van der Waals surface area contributed by atoms with E-state index in [1.807, 2.05) is 36.4 Å². The largest absolute Gasteiger partial charge is 0.497 e. The van der Waals surface area contributed by atoms with Crippen LogP contribution in [0, 0.1) is 5.82 Å². The van der Waals surface area contributed by atoms with Crippen LogP contribution in [0.15, 0.2) is 66.7 Å². The summed E-state index contributed by atoms with van der Waals surface area (Å²) in [7, 11) is 3.28. The molecule has 0 fully saturated rings. The van der Waals surface area contributed by atoms with E-state index in [2.05, 4.69) is 0 Å². The molecule has 0 unspecified atom stereocenters. The number of halogens is 1. The molecule has 7 heteroatoms. The highest BCUT2D eigenvalue weighted by Gasteiger charge is 2.19. The van der Waals surface area contributed by atoms with Crippen molar-refractivity contribution in [3.63, 3.8) is 0 Å². The van der Waals surface area contributed by atoms with Crippen molar-refractivity contribution in [1.82, 2.24) is 4.90 Å². The summed E-state index contributed by atoms with van der Waals surface area (Å²) in [5.74, 6) is 2.62. The molecule has 0 saturated heterocycles. The molecule has 0 bridgehead atoms. The topological polar surface area (TPSA) is 48.0 Å². The fraction of sp³-hybridized carbons (Fsp3) is 0.160. The Labute approximate surface area is 190 Å². The molecule has 1 amide bonds. The molecule has 1 aliphatic heterocycles. The molecule has 32 heavy (non-hydrogen) atoms. The van der Waals surface area contributed by atoms with Crippen molar-refractivity contribution >= 4 is 28.8 Å². The summed E-state index contributed by atoms with van der Waals surface area (Å²) < 4.78 is 30.8. The number of thioether (sulfide) groups is 1. The molecule has 1 heterocycles. The monoisotopic (exact) mass is 451 g/mol. The lowest BCUT2D eigenvalue weighted by molar-refractivity contribution is 0.165. The number of hydrogen-bond donors (Lipinski definition) is 0. The zero-order valence-corrected chi connectivity index (χ0v) is 18.5. The van der Waals surface area contributed by atoms with E-state index in [9.17, 15) is 9.18 Å². The number of fused-ring (bicyclic) bond motifs is 2. The number of para-hydroxylation sites is 1. The molecule has 4 rings (SSSR count). The van der Waals surface area contributed by atoms with Gasteiger partial charge in [-0.2, -0.15) is 0 Å². The van der Waals surface area contributed by atoms with Crippen molar-refractivity contribution in [3.8, 4) is 23.0 Å². The highest BCUT2D eigenvalue weighted by Crippen LogP contribution is 2.43. The van der Waals surface area contributed by atoms with Crippen LogP contribution in [0.1, 0.15) is 11.1 Å². The van der Waals surface area contributed by atoms with Gasteiger partial charge in [0.25, 0.3) is 0 Å². The number of carbonyl (C=O) groups excluding carboxylic acids is 1. The van der Waals surface area contributed by atoms with Crippen molar-refractivity contribution in [3.05, 3.63) is 83.7 Å². The maximum absolute atomic E-state index is 14.0. The van der Waals surface area contributed by atoms with Gasteiger partial charge in [-0.15, -0.1) is 11.8 Å². The Morgan fingerprint density at radius 1 is 1.03 bits per heavy atom. The minimum atomic E-state index is -0.432. The van der Waals surface area contributed by atoms with Gasteiger partial charge in [0.2, 0.25) is 0 Å². The number of benzene rings is 3. The molecule has 3 aromatic carbocycles. The van der Waals surface area contributed by atoms with Crippen LogP contribution in [-0.2, 0) is 0 Å². The van der Waals surface area contributed by atoms with Crippen LogP contribution in [0.25, 0.3) is 11.0 Å². The van der Waals surface area contributed by atoms with E-state index < -0.39 is 6.09 Å². The lowest BCUT2D eigenvalue weighted by Crippen LogP contribution is -2.31. The van der Waals surface area contributed by atoms with Gasteiger partial charge in [-0.1, -0.05) is 18.2 Å². The Morgan fingerprint density at radius 3 is 2.62 bits per heavy atom. The highest BCUT2D eigenvalue weighted by atomic mass is 32.2. The Kier molecular flexibility index (Phi) is 6.66. The third-order valence-corrected chi connectivity index (χ3v) is 5.91. The fourth-order valence-electron chi connectivity index (χ4n) is 3.14. The van der Waals surface area contributed by atoms with Crippen LogP contribution in [0.4, 0.5) is 9.18 Å². The molecule has 164 valence electrons. The molecule has 0 radical (unpaired) electrons. The highest BCUT2D eigenvalue weighted by molar-refractivity contribution is 8.08. The number of carbonyl (C=O) groups is 1. The minimum Gasteiger partial charge on any atom is -0.497 e. The van der Waals surface area contributed by atoms with Crippen LogP contribution < -0.4 is 14.2 Å². The molecule has 1 aliphatic rings. The third-order valence-electron chi connectivity index (χ3n) is 4.88. The Hall–Kier alpha value is -3.45. The molecule has 0 aromatic heterocycles. The number of methoxy groups -OCH3 is 1. The number of rotatable bonds is 6. The van der Waals surface area contributed by atoms with Crippen LogP contribution in [0.3, 0.4) is 0 Å². The quantitative estimate of drug-likeness (QED) is 0.440. The summed E-state index contributed by atoms with van der Waals surface area (Å²) in [5, 5.41) is 0. The number of amides is 1. The molecule has 0 N–H and O–H groups in total. The zero-order chi connectivity index (χ0) is 22.5. The van der Waals surface area contributed by atoms with Crippen LogP contribution in [0.5, 0.6) is 23.0 Å². The molecule has 3 aromatic rings. The van der Waals surface area contributed by atoms with Crippen molar-refractivity contribution in [2.24, 2.45) is 0 Å². The second kappa shape index (κ2) is 9.78. The van der Waals surface area contributed by atoms with Gasteiger partial charge >= 0.3 is 6.09 Å². The molecular weight excluding hydrogens is 429 g/mol. The molecule has 5 nitrogen and oxygen atoms in total. The summed E-state index contributed by atoms with van der Waals surface area (Å²) in [6, 6.07) is 19.0. The number of nitrogens with zero attached hydrogens (tertiary/aromatic N) is 1. The first kappa shape index (κ1) is 21.8. The van der Waals surface area contributed by atoms with Gasteiger partial charge in [-0.3, -0.25) is 0 Å². The summed E-state index contributed by atoms with van der Waals surface area (Å²) in [6.45, 7) is 0.453. The van der Waals surface area contributed by atoms with Gasteiger partial charge < -0.3 is 19.1 Å². The van der Waals surface area contributed by atoms with Crippen LogP contribution in [0.2, 0.25) is 0 Å². The standard InChI is InChI=1S/C25H22FNO4S/c1-27(25(28)30-19-6-4-3-5-7-19)12-13-32-24-14-17-8-10-20(29-2)16-23(17)31-22-11-9-18(26)15-21(22)24/h3-11,14-16H,12-13H2,1-2H3. The average Bonchev–Trinajstić information content (AvgIpc) is 2.95. The van der Waals surface area contributed by atoms with E-state index >= 15 is 0 Å². The van der Waals surface area contributed by atoms with E-state index in [1.54, 1.807) is 38.4 Å². The molecule has 0 saturated carbocycles. The maximum atomic E-state index is 14.0. The lowest BCUT2D eigenvalue weighted by atomic mass is 10.1. The number of ether oxygens (including phenoxy) is 3. The average molecular weight is 452 g/mol. The van der Waals surface area contributed by atoms with Crippen LogP contribution in [-0.4, -0.2) is 37.4 Å². The first-order chi connectivity index (χ1) is 15.5. The smallest absolute Gasteiger partial charge is 0.414 e. The van der Waals surface area contributed by atoms with E-state index in [0.29, 0.717) is 40.9 Å². The Morgan fingerprint density at radius 2 is 1.84 bits per heavy atom. The normalized spacial score (nSPS) is 11.9. The van der Waals surface area contributed by atoms with E-state index in [1.165, 1.54) is 28.8 Å². The molecule has 0 spiro atoms. The third kappa shape index (κ3) is 5.06. The molecule has 0 aliphatic carbocycles. The van der Waals surface area contributed by atoms with Crippen molar-refractivity contribution < 1.29 is 23.4 Å². The lowest BCUT2D eigenvalue weighted by Gasteiger charge is -2.17. The minimum absolute atomic E-state index is 0.342. The molecule has 0 atom stereocenters. The molecular formula is C25H22FNO4S. The van der Waals surface area contributed by atoms with Crippen molar-refractivity contribution in [1.29, 1.82) is 0 Å². The predicted octanol–water partition coefficient (Wildman–Crippen LogP) is 6.30. The first-order valence-electron chi connectivity index (χ1n) is 10.0. The Balaban J connectivity index is 1.49. The predicted molar refractivity (Wildman–Crippen MR) is 125 cm³/mol.